The first-order valence-corrected chi connectivity index (χ1v) is 20.7. The number of hydrogen-bond donors (Lipinski definition) is 1. The zero-order chi connectivity index (χ0) is 34.5. The van der Waals surface area contributed by atoms with Crippen molar-refractivity contribution in [3.63, 3.8) is 0 Å². The highest BCUT2D eigenvalue weighted by Crippen LogP contribution is 2.43. The summed E-state index contributed by atoms with van der Waals surface area (Å²) in [4.78, 5) is 7.25. The highest BCUT2D eigenvalue weighted by atomic mass is 32.1. The van der Waals surface area contributed by atoms with Gasteiger partial charge in [-0.05, 0) is 97.9 Å². The highest BCUT2D eigenvalue weighted by molar-refractivity contribution is 7.00. The molecular weight excluding hydrogens is 635 g/mol. The van der Waals surface area contributed by atoms with E-state index in [0.717, 1.165) is 85.2 Å². The SMILES string of the molecule is CCCCCN1CCCc2cc(-c3c4n[n+](CC(CC)CCCC)nc4c(-c4ccc5c(c4)CCCN5CCCCC)c4[nH]snc34)ccc21. The summed E-state index contributed by atoms with van der Waals surface area (Å²) in [5.41, 5.74) is 14.5. The molecule has 1 atom stereocenters. The lowest BCUT2D eigenvalue weighted by atomic mass is 9.91. The van der Waals surface area contributed by atoms with Gasteiger partial charge in [-0.15, -0.1) is 0 Å². The van der Waals surface area contributed by atoms with Crippen molar-refractivity contribution in [3.8, 4) is 22.3 Å². The third-order valence-corrected chi connectivity index (χ3v) is 11.9. The molecular formula is C42H58N7S+. The summed E-state index contributed by atoms with van der Waals surface area (Å²) in [6.45, 7) is 14.6. The van der Waals surface area contributed by atoms with Gasteiger partial charge in [0.05, 0.1) is 5.52 Å². The van der Waals surface area contributed by atoms with Crippen LogP contribution >= 0.6 is 11.7 Å². The van der Waals surface area contributed by atoms with Gasteiger partial charge in [0.15, 0.2) is 11.0 Å². The highest BCUT2D eigenvalue weighted by Gasteiger charge is 2.30. The lowest BCUT2D eigenvalue weighted by molar-refractivity contribution is -0.805. The first kappa shape index (κ1) is 34.9. The van der Waals surface area contributed by atoms with Crippen molar-refractivity contribution < 1.29 is 4.80 Å². The monoisotopic (exact) mass is 692 g/mol. The van der Waals surface area contributed by atoms with Crippen molar-refractivity contribution in [2.75, 3.05) is 36.0 Å². The lowest BCUT2D eigenvalue weighted by Crippen LogP contribution is -2.42. The van der Waals surface area contributed by atoms with E-state index in [1.165, 1.54) is 116 Å². The van der Waals surface area contributed by atoms with Crippen LogP contribution in [0.25, 0.3) is 44.3 Å². The number of H-pyrrole nitrogens is 1. The molecule has 0 saturated carbocycles. The smallest absolute Gasteiger partial charge is 0.206 e. The maximum atomic E-state index is 5.36. The fraction of sp³-hybridized carbons (Fsp3) is 0.571. The van der Waals surface area contributed by atoms with Crippen LogP contribution in [0.1, 0.15) is 116 Å². The summed E-state index contributed by atoms with van der Waals surface area (Å²) in [6.07, 6.45) is 17.1. The Bertz CT molecular complexity index is 1770. The molecule has 2 aliphatic heterocycles. The summed E-state index contributed by atoms with van der Waals surface area (Å²) in [5, 5.41) is 10.7. The van der Waals surface area contributed by atoms with E-state index in [1.54, 1.807) is 0 Å². The van der Waals surface area contributed by atoms with Gasteiger partial charge in [0.2, 0.25) is 6.54 Å². The molecule has 0 fully saturated rings. The van der Waals surface area contributed by atoms with E-state index in [2.05, 4.69) is 78.3 Å². The Kier molecular flexibility index (Phi) is 11.3. The molecule has 0 saturated heterocycles. The number of nitrogens with zero attached hydrogens (tertiary/aromatic N) is 6. The fourth-order valence-corrected chi connectivity index (χ4v) is 9.09. The maximum absolute atomic E-state index is 5.36. The summed E-state index contributed by atoms with van der Waals surface area (Å²) in [5.74, 6) is 0.568. The summed E-state index contributed by atoms with van der Waals surface area (Å²) in [6, 6.07) is 14.3. The molecule has 8 heteroatoms. The fourth-order valence-electron chi connectivity index (χ4n) is 8.48. The van der Waals surface area contributed by atoms with Crippen molar-refractivity contribution in [3.05, 3.63) is 47.5 Å². The van der Waals surface area contributed by atoms with Crippen molar-refractivity contribution in [2.24, 2.45) is 5.92 Å². The molecule has 50 heavy (non-hydrogen) atoms. The third-order valence-electron chi connectivity index (χ3n) is 11.3. The maximum Gasteiger partial charge on any atom is 0.206 e. The van der Waals surface area contributed by atoms with Gasteiger partial charge in [-0.25, -0.2) is 0 Å². The summed E-state index contributed by atoms with van der Waals surface area (Å²) in [7, 11) is 0. The predicted octanol–water partition coefficient (Wildman–Crippen LogP) is 10.3. The van der Waals surface area contributed by atoms with Crippen LogP contribution in [0.5, 0.6) is 0 Å². The van der Waals surface area contributed by atoms with Gasteiger partial charge < -0.3 is 9.80 Å². The van der Waals surface area contributed by atoms with E-state index in [0.29, 0.717) is 5.92 Å². The van der Waals surface area contributed by atoms with E-state index < -0.39 is 0 Å². The van der Waals surface area contributed by atoms with Crippen molar-refractivity contribution in [1.82, 2.24) is 18.9 Å². The van der Waals surface area contributed by atoms with Gasteiger partial charge >= 0.3 is 0 Å². The van der Waals surface area contributed by atoms with Crippen LogP contribution in [0.15, 0.2) is 36.4 Å². The minimum absolute atomic E-state index is 0.568. The minimum atomic E-state index is 0.568. The zero-order valence-electron chi connectivity index (χ0n) is 31.1. The molecule has 0 bridgehead atoms. The van der Waals surface area contributed by atoms with Crippen molar-refractivity contribution >= 4 is 45.2 Å². The van der Waals surface area contributed by atoms with Gasteiger partial charge in [-0.3, -0.25) is 4.37 Å². The Morgan fingerprint density at radius 2 is 1.30 bits per heavy atom. The Morgan fingerprint density at radius 3 is 1.88 bits per heavy atom. The number of hydrogen-bond acceptors (Lipinski definition) is 6. The number of anilines is 2. The molecule has 4 heterocycles. The Balaban J connectivity index is 1.35. The van der Waals surface area contributed by atoms with Crippen molar-refractivity contribution in [1.29, 1.82) is 0 Å². The molecule has 7 rings (SSSR count). The number of fused-ring (bicyclic) bond motifs is 4. The standard InChI is InChI=1S/C42H58N7S/c1-5-9-12-23-47-25-14-17-31-27-33(19-21-35(31)47)37-39-40(44-49(43-39)29-30(8-4)16-11-7-3)38(42-41(37)45-50-46-42)34-20-22-36-32(28-34)18-15-26-48(36)24-13-10-6-2/h19-22,27-28,30,45H,5-18,23-26,29H2,1-4H3/q+1. The second-order valence-electron chi connectivity index (χ2n) is 14.9. The van der Waals surface area contributed by atoms with E-state index in [-0.39, 0.29) is 0 Å². The topological polar surface area (TPSA) is 64.8 Å². The van der Waals surface area contributed by atoms with Crippen LogP contribution < -0.4 is 14.6 Å². The average molecular weight is 693 g/mol. The third kappa shape index (κ3) is 7.15. The second-order valence-corrected chi connectivity index (χ2v) is 15.5. The molecule has 0 aliphatic carbocycles. The molecule has 7 nitrogen and oxygen atoms in total. The van der Waals surface area contributed by atoms with Crippen LogP contribution in [0.4, 0.5) is 11.4 Å². The van der Waals surface area contributed by atoms with Crippen LogP contribution in [-0.4, -0.2) is 45.1 Å². The predicted molar refractivity (Wildman–Crippen MR) is 212 cm³/mol. The quantitative estimate of drug-likeness (QED) is 0.0824. The molecule has 0 amide bonds. The number of nitrogens with one attached hydrogen (secondary N) is 1. The Morgan fingerprint density at radius 1 is 0.720 bits per heavy atom. The molecule has 1 N–H and O–H groups in total. The molecule has 2 aromatic heterocycles. The Labute approximate surface area is 303 Å². The van der Waals surface area contributed by atoms with Gasteiger partial charge in [0, 0.05) is 81.3 Å². The number of aromatic amines is 1. The van der Waals surface area contributed by atoms with Crippen LogP contribution in [0.2, 0.25) is 0 Å². The number of unbranched alkanes of at least 4 members (excludes halogenated alkanes) is 5. The van der Waals surface area contributed by atoms with Gasteiger partial charge in [-0.2, -0.15) is 4.37 Å². The van der Waals surface area contributed by atoms with Gasteiger partial charge in [0.25, 0.3) is 0 Å². The molecule has 0 radical (unpaired) electrons. The Hall–Kier alpha value is -3.52. The van der Waals surface area contributed by atoms with Crippen molar-refractivity contribution in [2.45, 2.75) is 124 Å². The van der Waals surface area contributed by atoms with E-state index in [4.69, 9.17) is 14.6 Å². The number of benzene rings is 3. The summed E-state index contributed by atoms with van der Waals surface area (Å²) < 4.78 is 8.70. The largest absolute Gasteiger partial charge is 0.371 e. The van der Waals surface area contributed by atoms with Gasteiger partial charge in [-0.1, -0.05) is 78.4 Å². The minimum Gasteiger partial charge on any atom is -0.371 e. The number of rotatable bonds is 16. The molecule has 266 valence electrons. The van der Waals surface area contributed by atoms with Crippen LogP contribution in [0, 0.1) is 5.92 Å². The first-order chi connectivity index (χ1) is 24.6. The first-order valence-electron chi connectivity index (χ1n) is 20.0. The van der Waals surface area contributed by atoms with Gasteiger partial charge in [0.1, 0.15) is 5.52 Å². The number of aromatic nitrogens is 5. The van der Waals surface area contributed by atoms with Crippen LogP contribution in [-0.2, 0) is 19.4 Å². The molecule has 0 spiro atoms. The zero-order valence-corrected chi connectivity index (χ0v) is 31.9. The molecule has 1 unspecified atom stereocenters. The van der Waals surface area contributed by atoms with E-state index in [9.17, 15) is 0 Å². The van der Waals surface area contributed by atoms with E-state index in [1.807, 2.05) is 4.80 Å². The second kappa shape index (κ2) is 16.2. The summed E-state index contributed by atoms with van der Waals surface area (Å²) >= 11 is 1.44. The molecule has 2 aliphatic rings. The van der Waals surface area contributed by atoms with E-state index >= 15 is 0 Å². The van der Waals surface area contributed by atoms with Crippen LogP contribution in [0.3, 0.4) is 0 Å². The lowest BCUT2D eigenvalue weighted by Gasteiger charge is -2.32. The number of aryl methyl sites for hydroxylation is 2. The molecule has 3 aromatic carbocycles. The molecule has 5 aromatic rings. The average Bonchev–Trinajstić information content (AvgIpc) is 3.79. The normalized spacial score (nSPS) is 15.2.